The molecular formula is C16H22FN3O3. The molecular weight excluding hydrogens is 301 g/mol. The van der Waals surface area contributed by atoms with E-state index in [4.69, 9.17) is 4.74 Å². The maximum Gasteiger partial charge on any atom is 0.409 e. The molecule has 1 saturated heterocycles. The molecule has 126 valence electrons. The summed E-state index contributed by atoms with van der Waals surface area (Å²) in [5.41, 5.74) is 0.845. The van der Waals surface area contributed by atoms with Crippen molar-refractivity contribution in [2.75, 3.05) is 39.3 Å². The second-order valence-corrected chi connectivity index (χ2v) is 5.28. The Balaban J connectivity index is 1.70. The Labute approximate surface area is 135 Å². The average Bonchev–Trinajstić information content (AvgIpc) is 2.55. The molecule has 1 aliphatic rings. The smallest absolute Gasteiger partial charge is 0.409 e. The zero-order valence-electron chi connectivity index (χ0n) is 13.3. The fourth-order valence-corrected chi connectivity index (χ4v) is 2.42. The van der Waals surface area contributed by atoms with E-state index in [1.54, 1.807) is 22.8 Å². The van der Waals surface area contributed by atoms with Crippen molar-refractivity contribution in [1.29, 1.82) is 0 Å². The second-order valence-electron chi connectivity index (χ2n) is 5.28. The number of carbonyl (C=O) groups is 2. The second kappa shape index (κ2) is 8.36. The van der Waals surface area contributed by atoms with Crippen molar-refractivity contribution < 1.29 is 18.7 Å². The number of rotatable bonds is 4. The number of nitrogens with one attached hydrogen (secondary N) is 1. The Hall–Kier alpha value is -2.31. The molecule has 1 aliphatic heterocycles. The first-order valence-electron chi connectivity index (χ1n) is 7.79. The summed E-state index contributed by atoms with van der Waals surface area (Å²) in [5, 5.41) is 2.82. The number of halogens is 1. The van der Waals surface area contributed by atoms with E-state index in [0.717, 1.165) is 5.56 Å². The number of benzene rings is 1. The average molecular weight is 323 g/mol. The topological polar surface area (TPSA) is 61.9 Å². The van der Waals surface area contributed by atoms with E-state index in [-0.39, 0.29) is 17.9 Å². The molecule has 0 radical (unpaired) electrons. The van der Waals surface area contributed by atoms with Crippen LogP contribution in [0.15, 0.2) is 24.3 Å². The molecule has 0 bridgehead atoms. The highest BCUT2D eigenvalue weighted by Gasteiger charge is 2.24. The van der Waals surface area contributed by atoms with Crippen molar-refractivity contribution in [2.45, 2.75) is 13.3 Å². The van der Waals surface area contributed by atoms with Crippen LogP contribution in [-0.2, 0) is 11.2 Å². The van der Waals surface area contributed by atoms with Crippen LogP contribution < -0.4 is 5.32 Å². The number of amides is 3. The van der Waals surface area contributed by atoms with Gasteiger partial charge in [-0.15, -0.1) is 0 Å². The van der Waals surface area contributed by atoms with Crippen LogP contribution >= 0.6 is 0 Å². The highest BCUT2D eigenvalue weighted by molar-refractivity contribution is 5.75. The monoisotopic (exact) mass is 323 g/mol. The van der Waals surface area contributed by atoms with Crippen LogP contribution in [0.5, 0.6) is 0 Å². The number of carbonyl (C=O) groups excluding carboxylic acids is 2. The number of hydrogen-bond donors (Lipinski definition) is 1. The molecule has 1 aromatic rings. The van der Waals surface area contributed by atoms with Gasteiger partial charge in [0.15, 0.2) is 0 Å². The quantitative estimate of drug-likeness (QED) is 0.920. The van der Waals surface area contributed by atoms with E-state index < -0.39 is 0 Å². The Kier molecular flexibility index (Phi) is 6.19. The minimum Gasteiger partial charge on any atom is -0.450 e. The molecule has 0 atom stereocenters. The van der Waals surface area contributed by atoms with Crippen LogP contribution in [0.4, 0.5) is 14.0 Å². The maximum absolute atomic E-state index is 13.1. The summed E-state index contributed by atoms with van der Waals surface area (Å²) >= 11 is 0. The lowest BCUT2D eigenvalue weighted by atomic mass is 10.1. The number of urea groups is 1. The molecule has 2 rings (SSSR count). The molecule has 0 aromatic heterocycles. The number of ether oxygens (including phenoxy) is 1. The predicted octanol–water partition coefficient (Wildman–Crippen LogP) is 1.85. The first kappa shape index (κ1) is 17.1. The van der Waals surface area contributed by atoms with Gasteiger partial charge in [0.2, 0.25) is 0 Å². The lowest BCUT2D eigenvalue weighted by Crippen LogP contribution is -2.53. The van der Waals surface area contributed by atoms with Crippen LogP contribution in [0.1, 0.15) is 12.5 Å². The van der Waals surface area contributed by atoms with E-state index >= 15 is 0 Å². The fraction of sp³-hybridized carbons (Fsp3) is 0.500. The third-order valence-corrected chi connectivity index (χ3v) is 3.67. The van der Waals surface area contributed by atoms with Gasteiger partial charge in [-0.3, -0.25) is 0 Å². The van der Waals surface area contributed by atoms with Crippen molar-refractivity contribution in [3.8, 4) is 0 Å². The highest BCUT2D eigenvalue weighted by atomic mass is 19.1. The minimum absolute atomic E-state index is 0.162. The largest absolute Gasteiger partial charge is 0.450 e. The maximum atomic E-state index is 13.1. The van der Waals surface area contributed by atoms with Crippen molar-refractivity contribution in [1.82, 2.24) is 15.1 Å². The van der Waals surface area contributed by atoms with Gasteiger partial charge < -0.3 is 19.9 Å². The fourth-order valence-electron chi connectivity index (χ4n) is 2.42. The Morgan fingerprint density at radius 1 is 1.22 bits per heavy atom. The predicted molar refractivity (Wildman–Crippen MR) is 83.7 cm³/mol. The molecule has 1 N–H and O–H groups in total. The van der Waals surface area contributed by atoms with E-state index in [1.807, 2.05) is 6.07 Å². The van der Waals surface area contributed by atoms with E-state index in [1.165, 1.54) is 12.1 Å². The summed E-state index contributed by atoms with van der Waals surface area (Å²) in [4.78, 5) is 26.9. The van der Waals surface area contributed by atoms with Gasteiger partial charge in [-0.25, -0.2) is 14.0 Å². The third-order valence-electron chi connectivity index (χ3n) is 3.67. The summed E-state index contributed by atoms with van der Waals surface area (Å²) in [7, 11) is 0. The molecule has 0 spiro atoms. The Morgan fingerprint density at radius 2 is 1.91 bits per heavy atom. The molecule has 1 fully saturated rings. The molecule has 3 amide bonds. The first-order valence-corrected chi connectivity index (χ1v) is 7.79. The standard InChI is InChI=1S/C16H22FN3O3/c1-2-23-16(22)20-10-8-19(9-11-20)15(21)18-7-6-13-4-3-5-14(17)12-13/h3-5,12H,2,6-11H2,1H3,(H,18,21). The van der Waals surface area contributed by atoms with Gasteiger partial charge in [-0.2, -0.15) is 0 Å². The van der Waals surface area contributed by atoms with Crippen LogP contribution in [-0.4, -0.2) is 61.3 Å². The van der Waals surface area contributed by atoms with Crippen molar-refractivity contribution >= 4 is 12.1 Å². The lowest BCUT2D eigenvalue weighted by Gasteiger charge is -2.34. The van der Waals surface area contributed by atoms with Crippen molar-refractivity contribution in [3.63, 3.8) is 0 Å². The van der Waals surface area contributed by atoms with E-state index in [9.17, 15) is 14.0 Å². The van der Waals surface area contributed by atoms with Gasteiger partial charge in [-0.1, -0.05) is 12.1 Å². The summed E-state index contributed by atoms with van der Waals surface area (Å²) in [5.74, 6) is -0.274. The SMILES string of the molecule is CCOC(=O)N1CCN(C(=O)NCCc2cccc(F)c2)CC1. The molecule has 0 saturated carbocycles. The molecule has 7 heteroatoms. The Morgan fingerprint density at radius 3 is 2.57 bits per heavy atom. The van der Waals surface area contributed by atoms with Gasteiger partial charge in [-0.05, 0) is 31.0 Å². The molecule has 23 heavy (non-hydrogen) atoms. The summed E-state index contributed by atoms with van der Waals surface area (Å²) in [6.45, 7) is 4.45. The van der Waals surface area contributed by atoms with E-state index in [0.29, 0.717) is 45.8 Å². The van der Waals surface area contributed by atoms with Crippen LogP contribution in [0.25, 0.3) is 0 Å². The van der Waals surface area contributed by atoms with Gasteiger partial charge in [0, 0.05) is 32.7 Å². The summed E-state index contributed by atoms with van der Waals surface area (Å²) < 4.78 is 18.0. The molecule has 1 heterocycles. The van der Waals surface area contributed by atoms with Gasteiger partial charge >= 0.3 is 12.1 Å². The summed E-state index contributed by atoms with van der Waals surface area (Å²) in [6, 6.07) is 6.18. The molecule has 0 unspecified atom stereocenters. The van der Waals surface area contributed by atoms with Crippen LogP contribution in [0.2, 0.25) is 0 Å². The van der Waals surface area contributed by atoms with Crippen molar-refractivity contribution in [2.24, 2.45) is 0 Å². The lowest BCUT2D eigenvalue weighted by molar-refractivity contribution is 0.0852. The third kappa shape index (κ3) is 5.12. The van der Waals surface area contributed by atoms with Gasteiger partial charge in [0.1, 0.15) is 5.82 Å². The first-order chi connectivity index (χ1) is 11.1. The number of nitrogens with zero attached hydrogens (tertiary/aromatic N) is 2. The minimum atomic E-state index is -0.335. The number of piperazine rings is 1. The number of hydrogen-bond acceptors (Lipinski definition) is 3. The van der Waals surface area contributed by atoms with Crippen LogP contribution in [0.3, 0.4) is 0 Å². The molecule has 0 aliphatic carbocycles. The Bertz CT molecular complexity index is 545. The highest BCUT2D eigenvalue weighted by Crippen LogP contribution is 2.05. The zero-order chi connectivity index (χ0) is 16.7. The van der Waals surface area contributed by atoms with Crippen molar-refractivity contribution in [3.05, 3.63) is 35.6 Å². The van der Waals surface area contributed by atoms with Gasteiger partial charge in [0.25, 0.3) is 0 Å². The van der Waals surface area contributed by atoms with Crippen LogP contribution in [0, 0.1) is 5.82 Å². The molecule has 1 aromatic carbocycles. The van der Waals surface area contributed by atoms with E-state index in [2.05, 4.69) is 5.32 Å². The van der Waals surface area contributed by atoms with Gasteiger partial charge in [0.05, 0.1) is 6.61 Å². The molecule has 6 nitrogen and oxygen atoms in total. The zero-order valence-corrected chi connectivity index (χ0v) is 13.3. The summed E-state index contributed by atoms with van der Waals surface area (Å²) in [6.07, 6.45) is 0.241. The normalized spacial score (nSPS) is 14.5.